The molecule has 140 valence electrons. The van der Waals surface area contributed by atoms with Crippen LogP contribution in [-0.4, -0.2) is 31.2 Å². The summed E-state index contributed by atoms with van der Waals surface area (Å²) >= 11 is 0. The second kappa shape index (κ2) is 9.18. The summed E-state index contributed by atoms with van der Waals surface area (Å²) in [7, 11) is 0. The van der Waals surface area contributed by atoms with Gasteiger partial charge in [-0.05, 0) is 37.5 Å². The topological polar surface area (TPSA) is 41.6 Å². The van der Waals surface area contributed by atoms with E-state index in [9.17, 15) is 9.18 Å². The highest BCUT2D eigenvalue weighted by molar-refractivity contribution is 5.76. The van der Waals surface area contributed by atoms with Crippen molar-refractivity contribution in [1.29, 1.82) is 0 Å². The Hall–Kier alpha value is -1.62. The van der Waals surface area contributed by atoms with Crippen molar-refractivity contribution in [1.82, 2.24) is 5.32 Å². The van der Waals surface area contributed by atoms with Crippen LogP contribution in [0.3, 0.4) is 0 Å². The van der Waals surface area contributed by atoms with E-state index in [0.717, 1.165) is 18.4 Å². The predicted molar refractivity (Wildman–Crippen MR) is 99.2 cm³/mol. The Morgan fingerprint density at radius 3 is 2.64 bits per heavy atom. The number of nitrogens with zero attached hydrogens (tertiary/aromatic N) is 1. The molecule has 3 atom stereocenters. The molecule has 1 aromatic carbocycles. The van der Waals surface area contributed by atoms with Crippen molar-refractivity contribution in [2.75, 3.05) is 18.0 Å². The zero-order valence-electron chi connectivity index (χ0n) is 15.8. The molecule has 1 saturated heterocycles. The first kappa shape index (κ1) is 19.7. The van der Waals surface area contributed by atoms with Gasteiger partial charge in [0.25, 0.3) is 0 Å². The Balaban J connectivity index is 1.92. The summed E-state index contributed by atoms with van der Waals surface area (Å²) in [4.78, 5) is 14.0. The fraction of sp³-hybridized carbons (Fsp3) is 0.650. The molecular formula is C20H31FN2O2. The average molecular weight is 350 g/mol. The Kier molecular flexibility index (Phi) is 7.24. The molecule has 0 spiro atoms. The van der Waals surface area contributed by atoms with Crippen LogP contribution in [0.25, 0.3) is 0 Å². The second-order valence-electron chi connectivity index (χ2n) is 7.32. The van der Waals surface area contributed by atoms with Gasteiger partial charge in [-0.15, -0.1) is 0 Å². The van der Waals surface area contributed by atoms with E-state index in [4.69, 9.17) is 4.74 Å². The van der Waals surface area contributed by atoms with E-state index in [1.165, 1.54) is 6.07 Å². The summed E-state index contributed by atoms with van der Waals surface area (Å²) in [6.07, 6.45) is 2.84. The molecule has 0 bridgehead atoms. The van der Waals surface area contributed by atoms with Gasteiger partial charge in [0.2, 0.25) is 5.91 Å². The van der Waals surface area contributed by atoms with Crippen molar-refractivity contribution >= 4 is 11.6 Å². The summed E-state index contributed by atoms with van der Waals surface area (Å²) in [6.45, 7) is 9.95. The minimum absolute atomic E-state index is 0.0289. The minimum Gasteiger partial charge on any atom is -0.372 e. The molecule has 0 saturated carbocycles. The van der Waals surface area contributed by atoms with Crippen LogP contribution < -0.4 is 10.2 Å². The molecule has 2 rings (SSSR count). The van der Waals surface area contributed by atoms with Gasteiger partial charge in [0, 0.05) is 26.1 Å². The Morgan fingerprint density at radius 1 is 1.36 bits per heavy atom. The van der Waals surface area contributed by atoms with Gasteiger partial charge >= 0.3 is 0 Å². The molecule has 5 heteroatoms. The average Bonchev–Trinajstić information content (AvgIpc) is 2.52. The van der Waals surface area contributed by atoms with Crippen LogP contribution in [-0.2, 0) is 16.1 Å². The molecule has 25 heavy (non-hydrogen) atoms. The molecule has 3 unspecified atom stereocenters. The molecule has 0 aromatic heterocycles. The third-order valence-electron chi connectivity index (χ3n) is 4.58. The van der Waals surface area contributed by atoms with Crippen LogP contribution in [0.1, 0.15) is 52.5 Å². The largest absolute Gasteiger partial charge is 0.372 e. The molecule has 1 aliphatic rings. The number of ether oxygens (including phenoxy) is 1. The molecular weight excluding hydrogens is 319 g/mol. The highest BCUT2D eigenvalue weighted by Gasteiger charge is 2.24. The van der Waals surface area contributed by atoms with Crippen molar-refractivity contribution in [3.05, 3.63) is 29.6 Å². The lowest BCUT2D eigenvalue weighted by atomic mass is 10.0. The standard InChI is InChI=1S/C20H31FN2O2/c1-5-6-14(2)9-20(24)22-11-17-7-8-19(18(21)10-17)23-12-15(3)25-16(4)13-23/h7-8,10,14-16H,5-6,9,11-13H2,1-4H3,(H,22,24). The molecule has 4 nitrogen and oxygen atoms in total. The second-order valence-corrected chi connectivity index (χ2v) is 7.32. The lowest BCUT2D eigenvalue weighted by Crippen LogP contribution is -2.45. The maximum absolute atomic E-state index is 14.5. The quantitative estimate of drug-likeness (QED) is 0.811. The van der Waals surface area contributed by atoms with E-state index >= 15 is 0 Å². The van der Waals surface area contributed by atoms with Crippen LogP contribution in [0.15, 0.2) is 18.2 Å². The maximum atomic E-state index is 14.5. The number of hydrogen-bond donors (Lipinski definition) is 1. The summed E-state index contributed by atoms with van der Waals surface area (Å²) in [5, 5.41) is 2.89. The number of carbonyl (C=O) groups is 1. The van der Waals surface area contributed by atoms with E-state index in [0.29, 0.717) is 37.7 Å². The zero-order chi connectivity index (χ0) is 18.4. The van der Waals surface area contributed by atoms with Crippen LogP contribution in [0, 0.1) is 11.7 Å². The van der Waals surface area contributed by atoms with Crippen molar-refractivity contribution in [3.8, 4) is 0 Å². The number of rotatable bonds is 7. The third-order valence-corrected chi connectivity index (χ3v) is 4.58. The maximum Gasteiger partial charge on any atom is 0.220 e. The van der Waals surface area contributed by atoms with Crippen LogP contribution in [0.2, 0.25) is 0 Å². The third kappa shape index (κ3) is 5.99. The van der Waals surface area contributed by atoms with Crippen LogP contribution >= 0.6 is 0 Å². The van der Waals surface area contributed by atoms with Gasteiger partial charge in [0.1, 0.15) is 5.82 Å². The first-order valence-corrected chi connectivity index (χ1v) is 9.34. The monoisotopic (exact) mass is 350 g/mol. The number of carbonyl (C=O) groups excluding carboxylic acids is 1. The number of anilines is 1. The zero-order valence-corrected chi connectivity index (χ0v) is 15.8. The smallest absolute Gasteiger partial charge is 0.220 e. The minimum atomic E-state index is -0.243. The van der Waals surface area contributed by atoms with E-state index in [1.54, 1.807) is 6.07 Å². The first-order valence-electron chi connectivity index (χ1n) is 9.34. The van der Waals surface area contributed by atoms with E-state index < -0.39 is 0 Å². The molecule has 0 radical (unpaired) electrons. The van der Waals surface area contributed by atoms with Crippen molar-refractivity contribution < 1.29 is 13.9 Å². The first-order chi connectivity index (χ1) is 11.9. The number of hydrogen-bond acceptors (Lipinski definition) is 3. The lowest BCUT2D eigenvalue weighted by Gasteiger charge is -2.37. The van der Waals surface area contributed by atoms with Gasteiger partial charge in [-0.2, -0.15) is 0 Å². The van der Waals surface area contributed by atoms with E-state index in [-0.39, 0.29) is 23.9 Å². The predicted octanol–water partition coefficient (Wildman–Crippen LogP) is 3.88. The van der Waals surface area contributed by atoms with Crippen molar-refractivity contribution in [3.63, 3.8) is 0 Å². The molecule has 1 fully saturated rings. The van der Waals surface area contributed by atoms with Crippen LogP contribution in [0.4, 0.5) is 10.1 Å². The molecule has 1 heterocycles. The Labute approximate surface area is 150 Å². The van der Waals surface area contributed by atoms with E-state index in [1.807, 2.05) is 24.8 Å². The summed E-state index contributed by atoms with van der Waals surface area (Å²) in [5.41, 5.74) is 1.39. The van der Waals surface area contributed by atoms with Gasteiger partial charge in [0.05, 0.1) is 17.9 Å². The molecule has 1 aromatic rings. The Bertz CT molecular complexity index is 569. The Morgan fingerprint density at radius 2 is 2.04 bits per heavy atom. The summed E-state index contributed by atoms with van der Waals surface area (Å²) in [6, 6.07) is 5.22. The summed E-state index contributed by atoms with van der Waals surface area (Å²) < 4.78 is 20.2. The fourth-order valence-corrected chi connectivity index (χ4v) is 3.48. The van der Waals surface area contributed by atoms with Gasteiger partial charge in [0.15, 0.2) is 0 Å². The SMILES string of the molecule is CCCC(C)CC(=O)NCc1ccc(N2CC(C)OC(C)C2)c(F)c1. The highest BCUT2D eigenvalue weighted by Crippen LogP contribution is 2.24. The van der Waals surface area contributed by atoms with Crippen molar-refractivity contribution in [2.24, 2.45) is 5.92 Å². The number of halogens is 1. The number of nitrogens with one attached hydrogen (secondary N) is 1. The molecule has 1 amide bonds. The van der Waals surface area contributed by atoms with Gasteiger partial charge < -0.3 is 15.0 Å². The van der Waals surface area contributed by atoms with Gasteiger partial charge in [-0.3, -0.25) is 4.79 Å². The van der Waals surface area contributed by atoms with Gasteiger partial charge in [-0.1, -0.05) is 32.8 Å². The molecule has 1 aliphatic heterocycles. The number of morpholine rings is 1. The normalized spacial score (nSPS) is 21.9. The fourth-order valence-electron chi connectivity index (χ4n) is 3.48. The van der Waals surface area contributed by atoms with Gasteiger partial charge in [-0.25, -0.2) is 4.39 Å². The number of amides is 1. The summed E-state index contributed by atoms with van der Waals surface area (Å²) in [5.74, 6) is 0.170. The molecule has 1 N–H and O–H groups in total. The van der Waals surface area contributed by atoms with Crippen molar-refractivity contribution in [2.45, 2.75) is 65.7 Å². The lowest BCUT2D eigenvalue weighted by molar-refractivity contribution is -0.122. The van der Waals surface area contributed by atoms with Crippen LogP contribution in [0.5, 0.6) is 0 Å². The highest BCUT2D eigenvalue weighted by atomic mass is 19.1. The van der Waals surface area contributed by atoms with E-state index in [2.05, 4.69) is 19.2 Å². The number of benzene rings is 1. The molecule has 0 aliphatic carbocycles.